The smallest absolute Gasteiger partial charge is 0.290 e. The Bertz CT molecular complexity index is 444. The van der Waals surface area contributed by atoms with E-state index in [9.17, 15) is 4.79 Å². The molecule has 17 heavy (non-hydrogen) atoms. The lowest BCUT2D eigenvalue weighted by molar-refractivity contribution is 0.349. The number of hydrogen-bond acceptors (Lipinski definition) is 2. The molecular weight excluding hydrogens is 214 g/mol. The van der Waals surface area contributed by atoms with E-state index in [2.05, 4.69) is 34.6 Å². The summed E-state index contributed by atoms with van der Waals surface area (Å²) in [7, 11) is 1.93. The van der Waals surface area contributed by atoms with Crippen molar-refractivity contribution >= 4 is 5.69 Å². The average Bonchev–Trinajstić information content (AvgIpc) is 2.42. The van der Waals surface area contributed by atoms with Gasteiger partial charge in [0.1, 0.15) is 5.69 Å². The van der Waals surface area contributed by atoms with Crippen molar-refractivity contribution in [2.24, 2.45) is 7.05 Å². The molecule has 0 aromatic carbocycles. The van der Waals surface area contributed by atoms with Crippen LogP contribution in [-0.4, -0.2) is 9.36 Å². The van der Waals surface area contributed by atoms with Gasteiger partial charge in [-0.2, -0.15) is 0 Å². The fraction of sp³-hybridized carbons (Fsp3) is 0.769. The number of hydrogen-bond donors (Lipinski definition) is 1. The van der Waals surface area contributed by atoms with E-state index < -0.39 is 0 Å². The van der Waals surface area contributed by atoms with Crippen molar-refractivity contribution < 1.29 is 0 Å². The highest BCUT2D eigenvalue weighted by atomic mass is 16.1. The van der Waals surface area contributed by atoms with E-state index in [0.29, 0.717) is 5.69 Å². The Kier molecular flexibility index (Phi) is 3.74. The zero-order chi connectivity index (χ0) is 13.4. The summed E-state index contributed by atoms with van der Waals surface area (Å²) < 4.78 is 3.74. The van der Waals surface area contributed by atoms with Gasteiger partial charge in [0, 0.05) is 12.5 Å². The molecule has 1 aromatic rings. The SMILES string of the molecule is CCC(CC)n1c(=O)c(N)c(C(C)(C)C)n1C. The van der Waals surface area contributed by atoms with E-state index in [0.717, 1.165) is 18.5 Å². The maximum Gasteiger partial charge on any atom is 0.290 e. The number of nitrogens with two attached hydrogens (primary N) is 1. The standard InChI is InChI=1S/C13H25N3O/c1-7-9(8-2)16-12(17)10(14)11(15(16)6)13(3,4)5/h9H,7-8,14H2,1-6H3. The van der Waals surface area contributed by atoms with Gasteiger partial charge in [0.2, 0.25) is 0 Å². The van der Waals surface area contributed by atoms with Gasteiger partial charge >= 0.3 is 0 Å². The molecule has 0 bridgehead atoms. The summed E-state index contributed by atoms with van der Waals surface area (Å²) in [6.45, 7) is 10.4. The molecule has 1 heterocycles. The predicted octanol–water partition coefficient (Wildman–Crippen LogP) is 2.43. The minimum absolute atomic E-state index is 0.0499. The van der Waals surface area contributed by atoms with Crippen molar-refractivity contribution in [1.29, 1.82) is 0 Å². The third-order valence-electron chi connectivity index (χ3n) is 3.34. The monoisotopic (exact) mass is 239 g/mol. The maximum absolute atomic E-state index is 12.2. The number of nitrogen functional groups attached to an aromatic ring is 1. The molecule has 0 amide bonds. The van der Waals surface area contributed by atoms with Gasteiger partial charge in [0.25, 0.3) is 5.56 Å². The molecule has 2 N–H and O–H groups in total. The Morgan fingerprint density at radius 3 is 2.00 bits per heavy atom. The Labute approximate surface area is 103 Å². The summed E-state index contributed by atoms with van der Waals surface area (Å²) in [5.41, 5.74) is 7.14. The summed E-state index contributed by atoms with van der Waals surface area (Å²) in [5.74, 6) is 0. The van der Waals surface area contributed by atoms with Crippen LogP contribution in [0.15, 0.2) is 4.79 Å². The number of nitrogens with zero attached hydrogens (tertiary/aromatic N) is 2. The summed E-state index contributed by atoms with van der Waals surface area (Å²) in [5, 5.41) is 0. The third kappa shape index (κ3) is 2.26. The molecule has 0 saturated carbocycles. The van der Waals surface area contributed by atoms with Crippen molar-refractivity contribution in [3.8, 4) is 0 Å². The van der Waals surface area contributed by atoms with Crippen LogP contribution in [0.2, 0.25) is 0 Å². The molecule has 0 fully saturated rings. The molecule has 1 aromatic heterocycles. The maximum atomic E-state index is 12.2. The van der Waals surface area contributed by atoms with Crippen LogP contribution in [0.25, 0.3) is 0 Å². The summed E-state index contributed by atoms with van der Waals surface area (Å²) >= 11 is 0. The van der Waals surface area contributed by atoms with Crippen LogP contribution in [0, 0.1) is 0 Å². The van der Waals surface area contributed by atoms with Crippen LogP contribution in [0.3, 0.4) is 0 Å². The molecule has 0 spiro atoms. The van der Waals surface area contributed by atoms with E-state index in [1.54, 1.807) is 4.68 Å². The molecule has 4 heteroatoms. The van der Waals surface area contributed by atoms with Crippen molar-refractivity contribution in [2.45, 2.75) is 58.9 Å². The van der Waals surface area contributed by atoms with Crippen molar-refractivity contribution in [3.05, 3.63) is 16.0 Å². The summed E-state index contributed by atoms with van der Waals surface area (Å²) in [4.78, 5) is 12.2. The van der Waals surface area contributed by atoms with E-state index in [-0.39, 0.29) is 17.0 Å². The quantitative estimate of drug-likeness (QED) is 0.880. The molecule has 98 valence electrons. The van der Waals surface area contributed by atoms with Crippen molar-refractivity contribution in [2.75, 3.05) is 5.73 Å². The largest absolute Gasteiger partial charge is 0.393 e. The fourth-order valence-corrected chi connectivity index (χ4v) is 2.58. The lowest BCUT2D eigenvalue weighted by Crippen LogP contribution is -2.27. The van der Waals surface area contributed by atoms with Crippen molar-refractivity contribution in [3.63, 3.8) is 0 Å². The lowest BCUT2D eigenvalue weighted by Gasteiger charge is -2.23. The molecule has 1 rings (SSSR count). The summed E-state index contributed by atoms with van der Waals surface area (Å²) in [6, 6.07) is 0.228. The predicted molar refractivity (Wildman–Crippen MR) is 72.4 cm³/mol. The molecule has 0 saturated heterocycles. The fourth-order valence-electron chi connectivity index (χ4n) is 2.58. The summed E-state index contributed by atoms with van der Waals surface area (Å²) in [6.07, 6.45) is 1.88. The van der Waals surface area contributed by atoms with E-state index >= 15 is 0 Å². The Morgan fingerprint density at radius 2 is 1.71 bits per heavy atom. The normalized spacial score (nSPS) is 12.4. The highest BCUT2D eigenvalue weighted by Crippen LogP contribution is 2.27. The van der Waals surface area contributed by atoms with E-state index in [4.69, 9.17) is 5.73 Å². The number of anilines is 1. The Hall–Kier alpha value is -1.19. The molecule has 0 unspecified atom stereocenters. The first-order valence-electron chi connectivity index (χ1n) is 6.33. The zero-order valence-electron chi connectivity index (χ0n) is 11.9. The zero-order valence-corrected chi connectivity index (χ0v) is 11.9. The van der Waals surface area contributed by atoms with Crippen LogP contribution in [0.1, 0.15) is 59.2 Å². The van der Waals surface area contributed by atoms with Crippen LogP contribution >= 0.6 is 0 Å². The number of rotatable bonds is 3. The molecule has 0 aliphatic heterocycles. The average molecular weight is 239 g/mol. The topological polar surface area (TPSA) is 52.9 Å². The molecule has 4 nitrogen and oxygen atoms in total. The van der Waals surface area contributed by atoms with Gasteiger partial charge in [0.15, 0.2) is 0 Å². The van der Waals surface area contributed by atoms with Gasteiger partial charge in [-0.05, 0) is 12.8 Å². The highest BCUT2D eigenvalue weighted by Gasteiger charge is 2.27. The number of aromatic nitrogens is 2. The van der Waals surface area contributed by atoms with Crippen LogP contribution in [0.5, 0.6) is 0 Å². The molecule has 0 atom stereocenters. The lowest BCUT2D eigenvalue weighted by atomic mass is 9.91. The molecule has 0 radical (unpaired) electrons. The third-order valence-corrected chi connectivity index (χ3v) is 3.34. The van der Waals surface area contributed by atoms with Gasteiger partial charge in [-0.3, -0.25) is 9.48 Å². The second kappa shape index (κ2) is 4.59. The van der Waals surface area contributed by atoms with Crippen molar-refractivity contribution in [1.82, 2.24) is 9.36 Å². The minimum Gasteiger partial charge on any atom is -0.393 e. The first-order chi connectivity index (χ1) is 7.75. The van der Waals surface area contributed by atoms with Crippen LogP contribution in [-0.2, 0) is 12.5 Å². The molecule has 0 aliphatic carbocycles. The second-order valence-corrected chi connectivity index (χ2v) is 5.66. The van der Waals surface area contributed by atoms with Crippen LogP contribution in [0.4, 0.5) is 5.69 Å². The van der Waals surface area contributed by atoms with E-state index in [1.807, 2.05) is 11.7 Å². The van der Waals surface area contributed by atoms with Crippen LogP contribution < -0.4 is 11.3 Å². The Balaban J connectivity index is 3.51. The van der Waals surface area contributed by atoms with Gasteiger partial charge in [-0.15, -0.1) is 0 Å². The first-order valence-corrected chi connectivity index (χ1v) is 6.33. The van der Waals surface area contributed by atoms with Gasteiger partial charge in [-0.25, -0.2) is 4.68 Å². The van der Waals surface area contributed by atoms with Gasteiger partial charge in [0.05, 0.1) is 11.7 Å². The van der Waals surface area contributed by atoms with Gasteiger partial charge in [-0.1, -0.05) is 34.6 Å². The molecular formula is C13H25N3O. The minimum atomic E-state index is -0.116. The van der Waals surface area contributed by atoms with E-state index in [1.165, 1.54) is 0 Å². The molecule has 0 aliphatic rings. The highest BCUT2D eigenvalue weighted by molar-refractivity contribution is 5.45. The second-order valence-electron chi connectivity index (χ2n) is 5.66. The Morgan fingerprint density at radius 1 is 1.24 bits per heavy atom. The van der Waals surface area contributed by atoms with Gasteiger partial charge < -0.3 is 5.73 Å². The first kappa shape index (κ1) is 13.9.